The van der Waals surface area contributed by atoms with Gasteiger partial charge in [-0.15, -0.1) is 0 Å². The summed E-state index contributed by atoms with van der Waals surface area (Å²) < 4.78 is 50.2. The second kappa shape index (κ2) is 9.90. The lowest BCUT2D eigenvalue weighted by Gasteiger charge is -2.32. The monoisotopic (exact) mass is 497 g/mol. The zero-order valence-corrected chi connectivity index (χ0v) is 19.8. The van der Waals surface area contributed by atoms with E-state index in [9.17, 15) is 18.0 Å². The Hall–Kier alpha value is -2.68. The molecule has 3 heterocycles. The van der Waals surface area contributed by atoms with E-state index in [1.807, 2.05) is 30.9 Å². The molecule has 1 fully saturated rings. The molecule has 2 aliphatic rings. The van der Waals surface area contributed by atoms with E-state index in [0.29, 0.717) is 44.9 Å². The molecular formula is C24H27ClF3N3O3. The van der Waals surface area contributed by atoms with Gasteiger partial charge in [-0.2, -0.15) is 13.2 Å². The van der Waals surface area contributed by atoms with Gasteiger partial charge in [-0.3, -0.25) is 4.79 Å². The van der Waals surface area contributed by atoms with Crippen LogP contribution in [0.2, 0.25) is 5.02 Å². The van der Waals surface area contributed by atoms with Gasteiger partial charge in [-0.1, -0.05) is 11.6 Å². The fraction of sp³-hybridized carbons (Fsp3) is 0.500. The molecule has 0 spiro atoms. The van der Waals surface area contributed by atoms with Crippen molar-refractivity contribution < 1.29 is 27.4 Å². The molecule has 34 heavy (non-hydrogen) atoms. The minimum absolute atomic E-state index is 0.0469. The molecule has 1 unspecified atom stereocenters. The van der Waals surface area contributed by atoms with Crippen molar-refractivity contribution in [2.75, 3.05) is 24.6 Å². The first-order valence-corrected chi connectivity index (χ1v) is 11.7. The third kappa shape index (κ3) is 5.35. The number of nitrogens with zero attached hydrogens (tertiary/aromatic N) is 2. The van der Waals surface area contributed by atoms with Crippen molar-refractivity contribution in [1.29, 1.82) is 0 Å². The van der Waals surface area contributed by atoms with Crippen LogP contribution in [0.5, 0.6) is 11.5 Å². The molecule has 1 amide bonds. The summed E-state index contributed by atoms with van der Waals surface area (Å²) in [5.41, 5.74) is 1.09. The highest BCUT2D eigenvalue weighted by atomic mass is 35.5. The number of hydrogen-bond donors (Lipinski definition) is 1. The van der Waals surface area contributed by atoms with Crippen molar-refractivity contribution in [3.05, 3.63) is 46.1 Å². The van der Waals surface area contributed by atoms with Gasteiger partial charge in [0.15, 0.2) is 0 Å². The number of aromatic nitrogens is 1. The molecule has 6 nitrogen and oxygen atoms in total. The van der Waals surface area contributed by atoms with Crippen molar-refractivity contribution in [3.8, 4) is 11.5 Å². The number of carbonyl (C=O) groups excluding carboxylic acids is 1. The maximum atomic E-state index is 12.9. The number of alkyl halides is 3. The van der Waals surface area contributed by atoms with E-state index in [1.54, 1.807) is 0 Å². The quantitative estimate of drug-likeness (QED) is 0.608. The number of fused-ring (bicyclic) bond motifs is 1. The Balaban J connectivity index is 1.35. The summed E-state index contributed by atoms with van der Waals surface area (Å²) in [4.78, 5) is 18.6. The average Bonchev–Trinajstić information content (AvgIpc) is 3.15. The highest BCUT2D eigenvalue weighted by Gasteiger charge is 2.33. The lowest BCUT2D eigenvalue weighted by atomic mass is 9.95. The number of piperidine rings is 1. The summed E-state index contributed by atoms with van der Waals surface area (Å²) >= 11 is 6.07. The fourth-order valence-corrected chi connectivity index (χ4v) is 4.69. The van der Waals surface area contributed by atoms with Crippen LogP contribution >= 0.6 is 11.6 Å². The van der Waals surface area contributed by atoms with Crippen molar-refractivity contribution in [2.45, 2.75) is 51.9 Å². The van der Waals surface area contributed by atoms with Crippen LogP contribution in [0, 0.1) is 5.92 Å². The van der Waals surface area contributed by atoms with Gasteiger partial charge in [-0.25, -0.2) is 4.98 Å². The summed E-state index contributed by atoms with van der Waals surface area (Å²) in [5.74, 6) is 1.61. The molecule has 1 aromatic heterocycles. The summed E-state index contributed by atoms with van der Waals surface area (Å²) in [5, 5.41) is 2.95. The minimum atomic E-state index is -4.49. The van der Waals surface area contributed by atoms with Gasteiger partial charge in [0.2, 0.25) is 5.91 Å². The van der Waals surface area contributed by atoms with Crippen LogP contribution in [0.25, 0.3) is 0 Å². The van der Waals surface area contributed by atoms with Gasteiger partial charge < -0.3 is 19.7 Å². The molecule has 0 bridgehead atoms. The molecule has 184 valence electrons. The molecule has 1 aromatic carbocycles. The number of carbonyl (C=O) groups is 1. The number of ether oxygens (including phenoxy) is 2. The van der Waals surface area contributed by atoms with E-state index in [4.69, 9.17) is 21.1 Å². The van der Waals surface area contributed by atoms with Crippen LogP contribution in [0.3, 0.4) is 0 Å². The van der Waals surface area contributed by atoms with Crippen LogP contribution in [-0.2, 0) is 23.9 Å². The first-order chi connectivity index (χ1) is 16.2. The van der Waals surface area contributed by atoms with Crippen LogP contribution < -0.4 is 19.7 Å². The molecule has 1 saturated heterocycles. The molecule has 0 saturated carbocycles. The lowest BCUT2D eigenvalue weighted by Crippen LogP contribution is -2.40. The Kier molecular flexibility index (Phi) is 7.12. The van der Waals surface area contributed by atoms with E-state index < -0.39 is 11.7 Å². The molecule has 1 atom stereocenters. The molecule has 4 rings (SSSR count). The zero-order chi connectivity index (χ0) is 24.5. The summed E-state index contributed by atoms with van der Waals surface area (Å²) in [7, 11) is 0. The lowest BCUT2D eigenvalue weighted by molar-refractivity contribution is -0.137. The second-order valence-corrected chi connectivity index (χ2v) is 9.05. The number of pyridine rings is 1. The van der Waals surface area contributed by atoms with Crippen LogP contribution in [0.15, 0.2) is 24.4 Å². The topological polar surface area (TPSA) is 63.7 Å². The van der Waals surface area contributed by atoms with E-state index in [-0.39, 0.29) is 23.0 Å². The molecule has 2 aliphatic heterocycles. The van der Waals surface area contributed by atoms with Crippen LogP contribution in [0.4, 0.5) is 19.0 Å². The summed E-state index contributed by atoms with van der Waals surface area (Å²) in [6.45, 7) is 5.73. The third-order valence-corrected chi connectivity index (χ3v) is 6.42. The molecule has 2 aromatic rings. The maximum Gasteiger partial charge on any atom is 0.417 e. The number of benzene rings is 1. The number of rotatable bonds is 6. The smallest absolute Gasteiger partial charge is 0.417 e. The van der Waals surface area contributed by atoms with Gasteiger partial charge in [-0.05, 0) is 44.9 Å². The minimum Gasteiger partial charge on any atom is -0.494 e. The van der Waals surface area contributed by atoms with E-state index in [0.717, 1.165) is 41.3 Å². The largest absolute Gasteiger partial charge is 0.494 e. The van der Waals surface area contributed by atoms with Crippen LogP contribution in [0.1, 0.15) is 43.4 Å². The van der Waals surface area contributed by atoms with Crippen molar-refractivity contribution in [3.63, 3.8) is 0 Å². The Morgan fingerprint density at radius 3 is 2.68 bits per heavy atom. The molecule has 0 aliphatic carbocycles. The van der Waals surface area contributed by atoms with Gasteiger partial charge >= 0.3 is 6.18 Å². The Morgan fingerprint density at radius 2 is 2.03 bits per heavy atom. The fourth-order valence-electron chi connectivity index (χ4n) is 4.41. The first kappa shape index (κ1) is 24.4. The zero-order valence-electron chi connectivity index (χ0n) is 19.0. The molecular weight excluding hydrogens is 471 g/mol. The van der Waals surface area contributed by atoms with Gasteiger partial charge in [0, 0.05) is 49.3 Å². The number of amides is 1. The third-order valence-electron chi connectivity index (χ3n) is 6.15. The van der Waals surface area contributed by atoms with E-state index >= 15 is 0 Å². The van der Waals surface area contributed by atoms with E-state index in [2.05, 4.69) is 10.3 Å². The standard InChI is InChI=1S/C24H27ClF3N3O3/c1-3-33-20-9-16-8-14(2)34-21(16)10-17(20)12-30-23(32)15-4-6-31(7-5-15)22-19(25)11-18(13-29-22)24(26,27)28/h9-11,13-15H,3-8,12H2,1-2H3,(H,30,32). The number of hydrogen-bond acceptors (Lipinski definition) is 5. The number of nitrogens with one attached hydrogen (secondary N) is 1. The maximum absolute atomic E-state index is 12.9. The summed E-state index contributed by atoms with van der Waals surface area (Å²) in [6.07, 6.45) is -1.66. The van der Waals surface area contributed by atoms with Crippen LogP contribution in [-0.4, -0.2) is 36.7 Å². The van der Waals surface area contributed by atoms with E-state index in [1.165, 1.54) is 0 Å². The van der Waals surface area contributed by atoms with Crippen molar-refractivity contribution in [1.82, 2.24) is 10.3 Å². The highest BCUT2D eigenvalue weighted by Crippen LogP contribution is 2.36. The van der Waals surface area contributed by atoms with Crippen molar-refractivity contribution >= 4 is 23.3 Å². The molecule has 0 radical (unpaired) electrons. The van der Waals surface area contributed by atoms with Gasteiger partial charge in [0.25, 0.3) is 0 Å². The Labute approximate surface area is 201 Å². The second-order valence-electron chi connectivity index (χ2n) is 8.64. The highest BCUT2D eigenvalue weighted by molar-refractivity contribution is 6.33. The average molecular weight is 498 g/mol. The Morgan fingerprint density at radius 1 is 1.29 bits per heavy atom. The number of anilines is 1. The van der Waals surface area contributed by atoms with Crippen molar-refractivity contribution in [2.24, 2.45) is 5.92 Å². The SMILES string of the molecule is CCOc1cc2c(cc1CNC(=O)C1CCN(c3ncc(C(F)(F)F)cc3Cl)CC1)OC(C)C2. The predicted octanol–water partition coefficient (Wildman–Crippen LogP) is 5.01. The Bertz CT molecular complexity index is 1060. The molecule has 10 heteroatoms. The summed E-state index contributed by atoms with van der Waals surface area (Å²) in [6, 6.07) is 4.81. The van der Waals surface area contributed by atoms with Gasteiger partial charge in [0.1, 0.15) is 23.4 Å². The first-order valence-electron chi connectivity index (χ1n) is 11.4. The molecule has 1 N–H and O–H groups in total. The number of halogens is 4. The normalized spacial score (nSPS) is 18.4. The predicted molar refractivity (Wildman–Crippen MR) is 122 cm³/mol. The van der Waals surface area contributed by atoms with Gasteiger partial charge in [0.05, 0.1) is 17.2 Å².